The second-order valence-electron chi connectivity index (χ2n) is 6.56. The largest absolute Gasteiger partial charge is 0.324 e. The maximum absolute atomic E-state index is 13.7. The molecule has 0 spiro atoms. The molecule has 2 aromatic rings. The van der Waals surface area contributed by atoms with E-state index in [9.17, 15) is 14.0 Å². The Morgan fingerprint density at radius 3 is 2.75 bits per heavy atom. The van der Waals surface area contributed by atoms with Gasteiger partial charge in [0.2, 0.25) is 11.8 Å². The van der Waals surface area contributed by atoms with E-state index in [1.54, 1.807) is 17.0 Å². The average molecular weight is 399 g/mol. The number of nitrogens with one attached hydrogen (secondary N) is 1. The number of para-hydroxylation sites is 1. The lowest BCUT2D eigenvalue weighted by Gasteiger charge is -2.15. The van der Waals surface area contributed by atoms with E-state index in [1.807, 2.05) is 38.1 Å². The fourth-order valence-electron chi connectivity index (χ4n) is 2.89. The third-order valence-corrected chi connectivity index (χ3v) is 5.39. The molecule has 1 fully saturated rings. The summed E-state index contributed by atoms with van der Waals surface area (Å²) in [4.78, 5) is 31.4. The molecule has 0 aromatic heterocycles. The molecule has 0 unspecified atom stereocenters. The zero-order valence-electron chi connectivity index (χ0n) is 15.8. The molecule has 1 saturated heterocycles. The fraction of sp³-hybridized carbons (Fsp3) is 0.286. The van der Waals surface area contributed by atoms with Gasteiger partial charge in [-0.25, -0.2) is 9.38 Å². The SMILES string of the molecule is CCCN1C(=O)[C@@H](CC(=O)Nc2ccccc2F)SC1=Nc1cccc(C)c1. The van der Waals surface area contributed by atoms with Crippen LogP contribution in [0.2, 0.25) is 0 Å². The Hall–Kier alpha value is -2.67. The maximum atomic E-state index is 13.7. The summed E-state index contributed by atoms with van der Waals surface area (Å²) in [6.07, 6.45) is 0.748. The quantitative estimate of drug-likeness (QED) is 0.778. The molecule has 0 aliphatic carbocycles. The molecule has 1 N–H and O–H groups in total. The number of thioether (sulfide) groups is 1. The Kier molecular flexibility index (Phi) is 6.46. The molecular formula is C21H22FN3O2S. The van der Waals surface area contributed by atoms with Crippen LogP contribution in [0, 0.1) is 12.7 Å². The van der Waals surface area contributed by atoms with Gasteiger partial charge in [-0.2, -0.15) is 0 Å². The number of nitrogens with zero attached hydrogens (tertiary/aromatic N) is 2. The highest BCUT2D eigenvalue weighted by Gasteiger charge is 2.38. The van der Waals surface area contributed by atoms with E-state index >= 15 is 0 Å². The zero-order valence-corrected chi connectivity index (χ0v) is 16.6. The molecule has 5 nitrogen and oxygen atoms in total. The summed E-state index contributed by atoms with van der Waals surface area (Å²) < 4.78 is 13.7. The molecule has 0 bridgehead atoms. The number of benzene rings is 2. The van der Waals surface area contributed by atoms with Crippen molar-refractivity contribution in [1.82, 2.24) is 4.90 Å². The number of carbonyl (C=O) groups is 2. The third-order valence-electron chi connectivity index (χ3n) is 4.21. The minimum Gasteiger partial charge on any atom is -0.324 e. The van der Waals surface area contributed by atoms with Crippen LogP contribution >= 0.6 is 11.8 Å². The fourth-order valence-corrected chi connectivity index (χ4v) is 4.08. The molecule has 146 valence electrons. The van der Waals surface area contributed by atoms with E-state index in [2.05, 4.69) is 10.3 Å². The summed E-state index contributed by atoms with van der Waals surface area (Å²) in [5.74, 6) is -1.04. The monoisotopic (exact) mass is 399 g/mol. The van der Waals surface area contributed by atoms with Crippen LogP contribution in [0.5, 0.6) is 0 Å². The summed E-state index contributed by atoms with van der Waals surface area (Å²) in [6.45, 7) is 4.51. The minimum absolute atomic E-state index is 0.0368. The first kappa shape index (κ1) is 20.1. The molecule has 0 radical (unpaired) electrons. The normalized spacial score (nSPS) is 18.0. The van der Waals surface area contributed by atoms with Gasteiger partial charge in [-0.1, -0.05) is 43.0 Å². The van der Waals surface area contributed by atoms with Gasteiger partial charge in [-0.05, 0) is 43.2 Å². The highest BCUT2D eigenvalue weighted by atomic mass is 32.2. The first-order chi connectivity index (χ1) is 13.5. The Morgan fingerprint density at radius 2 is 2.04 bits per heavy atom. The number of anilines is 1. The number of hydrogen-bond acceptors (Lipinski definition) is 4. The zero-order chi connectivity index (χ0) is 20.1. The topological polar surface area (TPSA) is 61.8 Å². The molecule has 2 amide bonds. The Morgan fingerprint density at radius 1 is 1.25 bits per heavy atom. The van der Waals surface area contributed by atoms with Crippen molar-refractivity contribution < 1.29 is 14.0 Å². The summed E-state index contributed by atoms with van der Waals surface area (Å²) in [7, 11) is 0. The van der Waals surface area contributed by atoms with E-state index in [0.717, 1.165) is 17.7 Å². The smallest absolute Gasteiger partial charge is 0.242 e. The van der Waals surface area contributed by atoms with Crippen molar-refractivity contribution in [2.45, 2.75) is 31.9 Å². The van der Waals surface area contributed by atoms with E-state index in [4.69, 9.17) is 0 Å². The number of amidine groups is 1. The number of aryl methyl sites for hydroxylation is 1. The van der Waals surface area contributed by atoms with Crippen LogP contribution in [0.25, 0.3) is 0 Å². The average Bonchev–Trinajstić information content (AvgIpc) is 2.93. The number of halogens is 1. The van der Waals surface area contributed by atoms with Gasteiger partial charge in [-0.15, -0.1) is 0 Å². The molecule has 28 heavy (non-hydrogen) atoms. The van der Waals surface area contributed by atoms with Gasteiger partial charge in [0.05, 0.1) is 11.4 Å². The number of hydrogen-bond donors (Lipinski definition) is 1. The number of carbonyl (C=O) groups excluding carboxylic acids is 2. The van der Waals surface area contributed by atoms with Crippen molar-refractivity contribution in [3.63, 3.8) is 0 Å². The summed E-state index contributed by atoms with van der Waals surface area (Å²) in [6, 6.07) is 13.7. The Balaban J connectivity index is 1.74. The summed E-state index contributed by atoms with van der Waals surface area (Å²) >= 11 is 1.28. The molecule has 1 aliphatic heterocycles. The second kappa shape index (κ2) is 9.01. The van der Waals surface area contributed by atoms with Crippen LogP contribution in [0.3, 0.4) is 0 Å². The van der Waals surface area contributed by atoms with Crippen molar-refractivity contribution >= 4 is 40.1 Å². The van der Waals surface area contributed by atoms with Gasteiger partial charge >= 0.3 is 0 Å². The highest BCUT2D eigenvalue weighted by molar-refractivity contribution is 8.15. The van der Waals surface area contributed by atoms with Crippen LogP contribution in [0.1, 0.15) is 25.3 Å². The molecule has 7 heteroatoms. The lowest BCUT2D eigenvalue weighted by atomic mass is 10.2. The van der Waals surface area contributed by atoms with Gasteiger partial charge < -0.3 is 5.32 Å². The molecule has 1 heterocycles. The minimum atomic E-state index is -0.568. The van der Waals surface area contributed by atoms with E-state index in [-0.39, 0.29) is 18.0 Å². The lowest BCUT2D eigenvalue weighted by Crippen LogP contribution is -2.34. The summed E-state index contributed by atoms with van der Waals surface area (Å²) in [5, 5.41) is 2.57. The van der Waals surface area contributed by atoms with Crippen LogP contribution < -0.4 is 5.32 Å². The molecule has 2 aromatic carbocycles. The van der Waals surface area contributed by atoms with Crippen LogP contribution in [-0.2, 0) is 9.59 Å². The van der Waals surface area contributed by atoms with Gasteiger partial charge in [-0.3, -0.25) is 14.5 Å². The predicted molar refractivity (Wildman–Crippen MR) is 111 cm³/mol. The van der Waals surface area contributed by atoms with Crippen molar-refractivity contribution in [3.05, 3.63) is 59.9 Å². The first-order valence-electron chi connectivity index (χ1n) is 9.15. The molecule has 1 aliphatic rings. The van der Waals surface area contributed by atoms with Crippen molar-refractivity contribution in [3.8, 4) is 0 Å². The number of rotatable bonds is 6. The first-order valence-corrected chi connectivity index (χ1v) is 10.0. The highest BCUT2D eigenvalue weighted by Crippen LogP contribution is 2.32. The Labute approximate surface area is 168 Å². The van der Waals surface area contributed by atoms with Crippen LogP contribution in [0.15, 0.2) is 53.5 Å². The van der Waals surface area contributed by atoms with Gasteiger partial charge in [0.15, 0.2) is 5.17 Å². The van der Waals surface area contributed by atoms with E-state index < -0.39 is 17.0 Å². The van der Waals surface area contributed by atoms with Gasteiger partial charge in [0.25, 0.3) is 0 Å². The lowest BCUT2D eigenvalue weighted by molar-refractivity contribution is -0.128. The van der Waals surface area contributed by atoms with Crippen LogP contribution in [0.4, 0.5) is 15.8 Å². The van der Waals surface area contributed by atoms with E-state index in [1.165, 1.54) is 23.9 Å². The number of aliphatic imine (C=N–C) groups is 1. The van der Waals surface area contributed by atoms with Crippen molar-refractivity contribution in [2.75, 3.05) is 11.9 Å². The second-order valence-corrected chi connectivity index (χ2v) is 7.73. The van der Waals surface area contributed by atoms with Crippen molar-refractivity contribution in [2.24, 2.45) is 4.99 Å². The summed E-state index contributed by atoms with van der Waals surface area (Å²) in [5.41, 5.74) is 1.97. The predicted octanol–water partition coefficient (Wildman–Crippen LogP) is 4.50. The van der Waals surface area contributed by atoms with Gasteiger partial charge in [0, 0.05) is 13.0 Å². The van der Waals surface area contributed by atoms with Crippen molar-refractivity contribution in [1.29, 1.82) is 0 Å². The molecule has 1 atom stereocenters. The maximum Gasteiger partial charge on any atom is 0.242 e. The van der Waals surface area contributed by atoms with E-state index in [0.29, 0.717) is 11.7 Å². The molecule has 0 saturated carbocycles. The molecule has 3 rings (SSSR count). The Bertz CT molecular complexity index is 916. The molecular weight excluding hydrogens is 377 g/mol. The standard InChI is InChI=1S/C21H22FN3O2S/c1-3-11-25-20(27)18(13-19(26)24-17-10-5-4-9-16(17)22)28-21(25)23-15-8-6-7-14(2)12-15/h4-10,12,18H,3,11,13H2,1-2H3,(H,24,26)/t18-/m1/s1. The number of amides is 2. The van der Waals surface area contributed by atoms with Gasteiger partial charge in [0.1, 0.15) is 11.1 Å². The third kappa shape index (κ3) is 4.78. The van der Waals surface area contributed by atoms with Crippen LogP contribution in [-0.4, -0.2) is 33.7 Å².